The Morgan fingerprint density at radius 2 is 1.67 bits per heavy atom. The molecule has 0 fully saturated rings. The first-order valence-electron chi connectivity index (χ1n) is 7.73. The number of nitrogens with one attached hydrogen (secondary N) is 1. The molecule has 24 heavy (non-hydrogen) atoms. The summed E-state index contributed by atoms with van der Waals surface area (Å²) in [6.07, 6.45) is 4.26. The minimum Gasteiger partial charge on any atom is -0.241 e. The Morgan fingerprint density at radius 1 is 0.917 bits per heavy atom. The second-order valence-corrected chi connectivity index (χ2v) is 7.31. The normalized spacial score (nSPS) is 11.5. The largest absolute Gasteiger partial charge is 0.241 e. The van der Waals surface area contributed by atoms with E-state index in [2.05, 4.69) is 9.82 Å². The summed E-state index contributed by atoms with van der Waals surface area (Å²) in [5.41, 5.74) is 2.84. The summed E-state index contributed by atoms with van der Waals surface area (Å²) in [7, 11) is -3.31. The highest BCUT2D eigenvalue weighted by molar-refractivity contribution is 7.88. The van der Waals surface area contributed by atoms with E-state index in [1.165, 1.54) is 0 Å². The van der Waals surface area contributed by atoms with E-state index in [1.807, 2.05) is 66.9 Å². The van der Waals surface area contributed by atoms with Crippen molar-refractivity contribution in [3.05, 3.63) is 84.2 Å². The molecule has 0 aliphatic heterocycles. The van der Waals surface area contributed by atoms with Crippen molar-refractivity contribution in [2.45, 2.75) is 12.2 Å². The van der Waals surface area contributed by atoms with Gasteiger partial charge in [0.25, 0.3) is 0 Å². The molecule has 0 bridgehead atoms. The van der Waals surface area contributed by atoms with Crippen LogP contribution in [0.25, 0.3) is 5.69 Å². The summed E-state index contributed by atoms with van der Waals surface area (Å²) in [5.74, 6) is 0.00603. The summed E-state index contributed by atoms with van der Waals surface area (Å²) < 4.78 is 28.6. The maximum absolute atomic E-state index is 12.1. The minimum atomic E-state index is -3.31. The quantitative estimate of drug-likeness (QED) is 0.718. The van der Waals surface area contributed by atoms with Crippen molar-refractivity contribution in [2.24, 2.45) is 0 Å². The Labute approximate surface area is 142 Å². The van der Waals surface area contributed by atoms with Crippen LogP contribution in [0.3, 0.4) is 0 Å². The van der Waals surface area contributed by atoms with Gasteiger partial charge in [-0.05, 0) is 35.7 Å². The molecule has 2 aromatic carbocycles. The molecule has 1 heterocycles. The van der Waals surface area contributed by atoms with E-state index in [4.69, 9.17) is 0 Å². The molecule has 0 unspecified atom stereocenters. The highest BCUT2D eigenvalue weighted by Crippen LogP contribution is 2.09. The summed E-state index contributed by atoms with van der Waals surface area (Å²) >= 11 is 0. The maximum Gasteiger partial charge on any atom is 0.215 e. The molecule has 0 amide bonds. The van der Waals surface area contributed by atoms with Crippen LogP contribution in [0.1, 0.15) is 11.1 Å². The van der Waals surface area contributed by atoms with E-state index in [0.717, 1.165) is 16.8 Å². The number of sulfonamides is 1. The first-order valence-corrected chi connectivity index (χ1v) is 9.38. The lowest BCUT2D eigenvalue weighted by Gasteiger charge is -2.08. The second-order valence-electron chi connectivity index (χ2n) is 5.51. The van der Waals surface area contributed by atoms with E-state index >= 15 is 0 Å². The van der Waals surface area contributed by atoms with Crippen molar-refractivity contribution in [1.82, 2.24) is 14.5 Å². The predicted molar refractivity (Wildman–Crippen MR) is 94.3 cm³/mol. The molecule has 3 rings (SSSR count). The lowest BCUT2D eigenvalue weighted by atomic mass is 10.1. The van der Waals surface area contributed by atoms with E-state index in [0.29, 0.717) is 13.0 Å². The monoisotopic (exact) mass is 341 g/mol. The molecule has 0 saturated heterocycles. The first-order chi connectivity index (χ1) is 11.6. The van der Waals surface area contributed by atoms with Crippen molar-refractivity contribution in [3.63, 3.8) is 0 Å². The Kier molecular flexibility index (Phi) is 5.08. The highest BCUT2D eigenvalue weighted by atomic mass is 32.2. The van der Waals surface area contributed by atoms with Crippen molar-refractivity contribution in [3.8, 4) is 5.69 Å². The third-order valence-electron chi connectivity index (χ3n) is 3.64. The summed E-state index contributed by atoms with van der Waals surface area (Å²) in [6.45, 7) is 0.385. The van der Waals surface area contributed by atoms with E-state index in [9.17, 15) is 8.42 Å². The first kappa shape index (κ1) is 16.4. The smallest absolute Gasteiger partial charge is 0.215 e. The average Bonchev–Trinajstić information content (AvgIpc) is 3.10. The van der Waals surface area contributed by atoms with Crippen molar-refractivity contribution < 1.29 is 8.42 Å². The Bertz CT molecular complexity index is 858. The maximum atomic E-state index is 12.1. The third kappa shape index (κ3) is 4.53. The van der Waals surface area contributed by atoms with Crippen LogP contribution in [0.2, 0.25) is 0 Å². The number of benzene rings is 2. The molecule has 0 aliphatic rings. The van der Waals surface area contributed by atoms with Gasteiger partial charge >= 0.3 is 0 Å². The van der Waals surface area contributed by atoms with Gasteiger partial charge in [-0.15, -0.1) is 0 Å². The highest BCUT2D eigenvalue weighted by Gasteiger charge is 2.10. The van der Waals surface area contributed by atoms with Crippen LogP contribution in [0.15, 0.2) is 73.1 Å². The molecule has 0 atom stereocenters. The van der Waals surface area contributed by atoms with Gasteiger partial charge in [0, 0.05) is 18.9 Å². The fourth-order valence-electron chi connectivity index (χ4n) is 2.43. The van der Waals surface area contributed by atoms with Crippen LogP contribution in [0.4, 0.5) is 0 Å². The van der Waals surface area contributed by atoms with Gasteiger partial charge in [0.05, 0.1) is 11.4 Å². The topological polar surface area (TPSA) is 64.0 Å². The Hall–Kier alpha value is -2.44. The number of nitrogens with zero attached hydrogens (tertiary/aromatic N) is 2. The minimum absolute atomic E-state index is 0.00603. The molecule has 124 valence electrons. The molecule has 3 aromatic rings. The van der Waals surface area contributed by atoms with Crippen LogP contribution >= 0.6 is 0 Å². The zero-order valence-electron chi connectivity index (χ0n) is 13.2. The molecule has 1 N–H and O–H groups in total. The van der Waals surface area contributed by atoms with Crippen molar-refractivity contribution in [2.75, 3.05) is 6.54 Å². The van der Waals surface area contributed by atoms with E-state index < -0.39 is 10.0 Å². The molecular weight excluding hydrogens is 322 g/mol. The standard InChI is InChI=1S/C18H19N3O2S/c22-24(23,15-17-5-2-1-3-6-17)20-13-11-16-7-9-18(10-8-16)21-14-4-12-19-21/h1-10,12,14,20H,11,13,15H2. The molecule has 6 heteroatoms. The molecular formula is C18H19N3O2S. The van der Waals surface area contributed by atoms with Gasteiger partial charge in [-0.3, -0.25) is 0 Å². The van der Waals surface area contributed by atoms with E-state index in [1.54, 1.807) is 10.9 Å². The summed E-state index contributed by atoms with van der Waals surface area (Å²) in [4.78, 5) is 0. The van der Waals surface area contributed by atoms with Crippen molar-refractivity contribution in [1.29, 1.82) is 0 Å². The lowest BCUT2D eigenvalue weighted by Crippen LogP contribution is -2.27. The fourth-order valence-corrected chi connectivity index (χ4v) is 3.58. The summed E-state index contributed by atoms with van der Waals surface area (Å²) in [5, 5.41) is 4.18. The number of hydrogen-bond donors (Lipinski definition) is 1. The van der Waals surface area contributed by atoms with Gasteiger partial charge in [0.15, 0.2) is 0 Å². The van der Waals surface area contributed by atoms with Crippen LogP contribution < -0.4 is 4.72 Å². The zero-order valence-corrected chi connectivity index (χ0v) is 14.0. The van der Waals surface area contributed by atoms with Gasteiger partial charge in [0.2, 0.25) is 10.0 Å². The number of aromatic nitrogens is 2. The Morgan fingerprint density at radius 3 is 2.33 bits per heavy atom. The molecule has 0 radical (unpaired) electrons. The lowest BCUT2D eigenvalue weighted by molar-refractivity contribution is 0.581. The zero-order chi connectivity index (χ0) is 16.8. The number of rotatable bonds is 7. The van der Waals surface area contributed by atoms with E-state index in [-0.39, 0.29) is 5.75 Å². The number of hydrogen-bond acceptors (Lipinski definition) is 3. The fraction of sp³-hybridized carbons (Fsp3) is 0.167. The van der Waals surface area contributed by atoms with Gasteiger partial charge in [0.1, 0.15) is 0 Å². The van der Waals surface area contributed by atoms with Crippen LogP contribution in [0.5, 0.6) is 0 Å². The SMILES string of the molecule is O=S(=O)(Cc1ccccc1)NCCc1ccc(-n2cccn2)cc1. The van der Waals surface area contributed by atoms with Crippen molar-refractivity contribution >= 4 is 10.0 Å². The predicted octanol–water partition coefficient (Wildman–Crippen LogP) is 2.53. The molecule has 0 aliphatic carbocycles. The molecule has 5 nitrogen and oxygen atoms in total. The summed E-state index contributed by atoms with van der Waals surface area (Å²) in [6, 6.07) is 19.0. The van der Waals surface area contributed by atoms with Gasteiger partial charge < -0.3 is 0 Å². The molecule has 0 spiro atoms. The average molecular weight is 341 g/mol. The van der Waals surface area contributed by atoms with Crippen LogP contribution in [-0.4, -0.2) is 24.7 Å². The second kappa shape index (κ2) is 7.42. The molecule has 1 aromatic heterocycles. The van der Waals surface area contributed by atoms with Gasteiger partial charge in [-0.2, -0.15) is 5.10 Å². The van der Waals surface area contributed by atoms with Gasteiger partial charge in [-0.1, -0.05) is 42.5 Å². The molecule has 0 saturated carbocycles. The Balaban J connectivity index is 1.52. The van der Waals surface area contributed by atoms with Crippen LogP contribution in [0, 0.1) is 0 Å². The van der Waals surface area contributed by atoms with Gasteiger partial charge in [-0.25, -0.2) is 17.8 Å². The third-order valence-corrected chi connectivity index (χ3v) is 5.00. The van der Waals surface area contributed by atoms with Crippen LogP contribution in [-0.2, 0) is 22.2 Å².